The van der Waals surface area contributed by atoms with Gasteiger partial charge >= 0.3 is 0 Å². The molecule has 0 aliphatic carbocycles. The number of halogens is 1. The Bertz CT molecular complexity index is 761. The highest BCUT2D eigenvalue weighted by atomic mass is 35.5. The maximum Gasteiger partial charge on any atom is 0.199 e. The van der Waals surface area contributed by atoms with Crippen LogP contribution in [-0.2, 0) is 6.54 Å². The van der Waals surface area contributed by atoms with Gasteiger partial charge in [0.15, 0.2) is 5.22 Å². The van der Waals surface area contributed by atoms with Crippen molar-refractivity contribution in [2.75, 3.05) is 5.32 Å². The van der Waals surface area contributed by atoms with Crippen molar-refractivity contribution in [1.29, 1.82) is 0 Å². The van der Waals surface area contributed by atoms with Crippen molar-refractivity contribution in [3.8, 4) is 0 Å². The van der Waals surface area contributed by atoms with Crippen molar-refractivity contribution >= 4 is 28.3 Å². The largest absolute Gasteiger partial charge is 0.444 e. The predicted molar refractivity (Wildman–Crippen MR) is 84.5 cm³/mol. The van der Waals surface area contributed by atoms with E-state index in [0.29, 0.717) is 11.8 Å². The van der Waals surface area contributed by atoms with E-state index in [4.69, 9.17) is 16.0 Å². The minimum atomic E-state index is 0.462. The van der Waals surface area contributed by atoms with Crippen LogP contribution < -0.4 is 5.32 Å². The lowest BCUT2D eigenvalue weighted by molar-refractivity contribution is 0.613. The molecule has 0 fully saturated rings. The van der Waals surface area contributed by atoms with Crippen molar-refractivity contribution in [3.05, 3.63) is 64.4 Å². The average Bonchev–Trinajstić information content (AvgIpc) is 2.75. The molecule has 0 spiro atoms. The number of hydrogen-bond acceptors (Lipinski definition) is 2. The van der Waals surface area contributed by atoms with Gasteiger partial charge < -0.3 is 9.73 Å². The molecule has 2 nitrogen and oxygen atoms in total. The molecular formula is C17H16ClNO. The number of para-hydroxylation sites is 1. The molecule has 2 aromatic carbocycles. The molecular weight excluding hydrogens is 270 g/mol. The van der Waals surface area contributed by atoms with Crippen LogP contribution in [-0.4, -0.2) is 0 Å². The molecule has 3 aromatic rings. The fourth-order valence-corrected chi connectivity index (χ4v) is 2.60. The standard InChI is InChI=1S/C17H16ClNO/c1-11-7-8-12(2)15(9-11)19-10-14-13-5-3-4-6-16(13)20-17(14)18/h3-9,19H,10H2,1-2H3. The molecule has 0 aliphatic heterocycles. The van der Waals surface area contributed by atoms with Gasteiger partial charge in [0, 0.05) is 23.2 Å². The highest BCUT2D eigenvalue weighted by molar-refractivity contribution is 6.30. The third kappa shape index (κ3) is 2.39. The van der Waals surface area contributed by atoms with Gasteiger partial charge in [-0.3, -0.25) is 0 Å². The maximum absolute atomic E-state index is 6.20. The number of rotatable bonds is 3. The molecule has 0 aliphatic rings. The third-order valence-electron chi connectivity index (χ3n) is 3.50. The van der Waals surface area contributed by atoms with E-state index in [9.17, 15) is 0 Å². The molecule has 20 heavy (non-hydrogen) atoms. The quantitative estimate of drug-likeness (QED) is 0.705. The molecule has 102 valence electrons. The first-order chi connectivity index (χ1) is 9.65. The summed E-state index contributed by atoms with van der Waals surface area (Å²) in [7, 11) is 0. The summed E-state index contributed by atoms with van der Waals surface area (Å²) < 4.78 is 5.57. The maximum atomic E-state index is 6.20. The first-order valence-electron chi connectivity index (χ1n) is 6.62. The third-order valence-corrected chi connectivity index (χ3v) is 3.80. The molecule has 0 saturated heterocycles. The minimum Gasteiger partial charge on any atom is -0.444 e. The van der Waals surface area contributed by atoms with Crippen molar-refractivity contribution in [2.45, 2.75) is 20.4 Å². The number of aryl methyl sites for hydroxylation is 2. The Hall–Kier alpha value is -1.93. The number of anilines is 1. The fourth-order valence-electron chi connectivity index (χ4n) is 2.34. The van der Waals surface area contributed by atoms with Gasteiger partial charge in [0.1, 0.15) is 5.58 Å². The predicted octanol–water partition coefficient (Wildman–Crippen LogP) is 5.32. The normalized spacial score (nSPS) is 10.9. The fraction of sp³-hybridized carbons (Fsp3) is 0.176. The summed E-state index contributed by atoms with van der Waals surface area (Å²) in [5.41, 5.74) is 5.42. The Morgan fingerprint density at radius 2 is 1.90 bits per heavy atom. The Labute approximate surface area is 123 Å². The Morgan fingerprint density at radius 3 is 2.75 bits per heavy atom. The summed E-state index contributed by atoms with van der Waals surface area (Å²) >= 11 is 6.20. The number of nitrogens with one attached hydrogen (secondary N) is 1. The zero-order chi connectivity index (χ0) is 14.1. The van der Waals surface area contributed by atoms with Crippen molar-refractivity contribution in [3.63, 3.8) is 0 Å². The number of benzene rings is 2. The van der Waals surface area contributed by atoms with E-state index in [1.54, 1.807) is 0 Å². The van der Waals surface area contributed by atoms with Gasteiger partial charge in [0.2, 0.25) is 0 Å². The van der Waals surface area contributed by atoms with Gasteiger partial charge in [-0.2, -0.15) is 0 Å². The molecule has 0 bridgehead atoms. The van der Waals surface area contributed by atoms with Crippen LogP contribution in [0.25, 0.3) is 11.0 Å². The Morgan fingerprint density at radius 1 is 1.10 bits per heavy atom. The molecule has 3 rings (SSSR count). The van der Waals surface area contributed by atoms with Gasteiger partial charge in [-0.1, -0.05) is 30.3 Å². The van der Waals surface area contributed by atoms with Gasteiger partial charge in [0.25, 0.3) is 0 Å². The van der Waals surface area contributed by atoms with Gasteiger partial charge in [0.05, 0.1) is 0 Å². The summed E-state index contributed by atoms with van der Waals surface area (Å²) in [5.74, 6) is 0. The van der Waals surface area contributed by atoms with Gasteiger partial charge in [-0.05, 0) is 48.7 Å². The molecule has 1 aromatic heterocycles. The van der Waals surface area contributed by atoms with Crippen LogP contribution in [0.1, 0.15) is 16.7 Å². The van der Waals surface area contributed by atoms with Crippen LogP contribution in [0.15, 0.2) is 46.9 Å². The van der Waals surface area contributed by atoms with E-state index in [1.807, 2.05) is 24.3 Å². The highest BCUT2D eigenvalue weighted by Crippen LogP contribution is 2.30. The topological polar surface area (TPSA) is 25.2 Å². The molecule has 0 atom stereocenters. The molecule has 1 N–H and O–H groups in total. The van der Waals surface area contributed by atoms with Crippen LogP contribution in [0.4, 0.5) is 5.69 Å². The number of hydrogen-bond donors (Lipinski definition) is 1. The number of furan rings is 1. The van der Waals surface area contributed by atoms with E-state index >= 15 is 0 Å². The monoisotopic (exact) mass is 285 g/mol. The minimum absolute atomic E-state index is 0.462. The van der Waals surface area contributed by atoms with Crippen LogP contribution in [0.3, 0.4) is 0 Å². The van der Waals surface area contributed by atoms with Crippen LogP contribution >= 0.6 is 11.6 Å². The molecule has 3 heteroatoms. The smallest absolute Gasteiger partial charge is 0.199 e. The van der Waals surface area contributed by atoms with Gasteiger partial charge in [-0.15, -0.1) is 0 Å². The molecule has 0 amide bonds. The second kappa shape index (κ2) is 5.22. The van der Waals surface area contributed by atoms with Crippen molar-refractivity contribution < 1.29 is 4.42 Å². The lowest BCUT2D eigenvalue weighted by Crippen LogP contribution is -2.01. The summed E-state index contributed by atoms with van der Waals surface area (Å²) in [4.78, 5) is 0. The van der Waals surface area contributed by atoms with E-state index < -0.39 is 0 Å². The first kappa shape index (κ1) is 13.1. The molecule has 0 unspecified atom stereocenters. The zero-order valence-corrected chi connectivity index (χ0v) is 12.3. The Balaban J connectivity index is 1.90. The molecule has 0 saturated carbocycles. The van der Waals surface area contributed by atoms with E-state index in [0.717, 1.165) is 22.2 Å². The zero-order valence-electron chi connectivity index (χ0n) is 11.5. The van der Waals surface area contributed by atoms with Crippen molar-refractivity contribution in [1.82, 2.24) is 0 Å². The van der Waals surface area contributed by atoms with Crippen molar-refractivity contribution in [2.24, 2.45) is 0 Å². The number of fused-ring (bicyclic) bond motifs is 1. The average molecular weight is 286 g/mol. The van der Waals surface area contributed by atoms with E-state index in [-0.39, 0.29) is 0 Å². The van der Waals surface area contributed by atoms with Gasteiger partial charge in [-0.25, -0.2) is 0 Å². The SMILES string of the molecule is Cc1ccc(C)c(NCc2c(Cl)oc3ccccc23)c1. The lowest BCUT2D eigenvalue weighted by atomic mass is 10.1. The molecule has 0 radical (unpaired) electrons. The first-order valence-corrected chi connectivity index (χ1v) is 7.00. The summed E-state index contributed by atoms with van der Waals surface area (Å²) in [6, 6.07) is 14.3. The Kier molecular flexibility index (Phi) is 3.41. The summed E-state index contributed by atoms with van der Waals surface area (Å²) in [5, 5.41) is 4.97. The summed E-state index contributed by atoms with van der Waals surface area (Å²) in [6.07, 6.45) is 0. The highest BCUT2D eigenvalue weighted by Gasteiger charge is 2.11. The van der Waals surface area contributed by atoms with Crippen LogP contribution in [0.2, 0.25) is 5.22 Å². The lowest BCUT2D eigenvalue weighted by Gasteiger charge is -2.10. The van der Waals surface area contributed by atoms with Crippen LogP contribution in [0, 0.1) is 13.8 Å². The van der Waals surface area contributed by atoms with E-state index in [1.165, 1.54) is 11.1 Å². The van der Waals surface area contributed by atoms with Crippen LogP contribution in [0.5, 0.6) is 0 Å². The van der Waals surface area contributed by atoms with E-state index in [2.05, 4.69) is 37.4 Å². The summed E-state index contributed by atoms with van der Waals surface area (Å²) in [6.45, 7) is 4.84. The second-order valence-corrected chi connectivity index (χ2v) is 5.37. The second-order valence-electron chi connectivity index (χ2n) is 5.02. The molecule has 1 heterocycles.